The summed E-state index contributed by atoms with van der Waals surface area (Å²) < 4.78 is 10.8. The molecular formula is C18H18ClNO4. The van der Waals surface area contributed by atoms with Crippen LogP contribution in [0.25, 0.3) is 0 Å². The van der Waals surface area contributed by atoms with Crippen molar-refractivity contribution < 1.29 is 13.9 Å². The lowest BCUT2D eigenvalue weighted by Crippen LogP contribution is -2.41. The largest absolute Gasteiger partial charge is 0.490 e. The average molecular weight is 348 g/mol. The van der Waals surface area contributed by atoms with Crippen molar-refractivity contribution in [3.8, 4) is 5.75 Å². The Morgan fingerprint density at radius 3 is 2.50 bits per heavy atom. The van der Waals surface area contributed by atoms with Crippen molar-refractivity contribution in [2.75, 3.05) is 13.1 Å². The molecule has 5 nitrogen and oxygen atoms in total. The van der Waals surface area contributed by atoms with E-state index in [2.05, 4.69) is 0 Å². The summed E-state index contributed by atoms with van der Waals surface area (Å²) in [7, 11) is 0. The van der Waals surface area contributed by atoms with Gasteiger partial charge in [0.2, 0.25) is 0 Å². The number of aryl methyl sites for hydroxylation is 1. The minimum absolute atomic E-state index is 0.00122. The first-order valence-corrected chi connectivity index (χ1v) is 8.22. The van der Waals surface area contributed by atoms with E-state index in [-0.39, 0.29) is 12.0 Å². The van der Waals surface area contributed by atoms with Crippen LogP contribution in [0.1, 0.15) is 29.0 Å². The van der Waals surface area contributed by atoms with Crippen LogP contribution >= 0.6 is 11.6 Å². The topological polar surface area (TPSA) is 59.8 Å². The Kier molecular flexibility index (Phi) is 4.90. The van der Waals surface area contributed by atoms with Gasteiger partial charge in [-0.15, -0.1) is 0 Å². The maximum absolute atomic E-state index is 12.5. The van der Waals surface area contributed by atoms with E-state index in [9.17, 15) is 9.59 Å². The molecule has 24 heavy (non-hydrogen) atoms. The third-order valence-corrected chi connectivity index (χ3v) is 4.24. The normalized spacial score (nSPS) is 15.3. The van der Waals surface area contributed by atoms with E-state index in [1.165, 1.54) is 6.07 Å². The quantitative estimate of drug-likeness (QED) is 0.854. The molecule has 3 rings (SSSR count). The SMILES string of the molecule is Cc1cc(OC2CCN(C(=O)c3ccc(Cl)cc3)CC2)cc(=O)o1. The first-order valence-electron chi connectivity index (χ1n) is 7.84. The molecule has 1 saturated heterocycles. The third-order valence-electron chi connectivity index (χ3n) is 3.99. The van der Waals surface area contributed by atoms with Crippen LogP contribution in [0.2, 0.25) is 5.02 Å². The minimum atomic E-state index is -0.416. The van der Waals surface area contributed by atoms with Crippen LogP contribution in [-0.2, 0) is 0 Å². The first kappa shape index (κ1) is 16.6. The third kappa shape index (κ3) is 3.97. The second kappa shape index (κ2) is 7.09. The summed E-state index contributed by atoms with van der Waals surface area (Å²) >= 11 is 5.85. The van der Waals surface area contributed by atoms with Gasteiger partial charge in [-0.2, -0.15) is 0 Å². The number of halogens is 1. The van der Waals surface area contributed by atoms with Crippen molar-refractivity contribution in [3.05, 3.63) is 63.2 Å². The van der Waals surface area contributed by atoms with Crippen molar-refractivity contribution in [3.63, 3.8) is 0 Å². The van der Waals surface area contributed by atoms with Crippen LogP contribution < -0.4 is 10.4 Å². The molecule has 1 amide bonds. The minimum Gasteiger partial charge on any atom is -0.490 e. The maximum atomic E-state index is 12.5. The van der Waals surface area contributed by atoms with Crippen LogP contribution in [-0.4, -0.2) is 30.0 Å². The second-order valence-electron chi connectivity index (χ2n) is 5.84. The molecule has 0 bridgehead atoms. The zero-order chi connectivity index (χ0) is 17.1. The number of piperidine rings is 1. The molecule has 126 valence electrons. The van der Waals surface area contributed by atoms with Gasteiger partial charge in [0.05, 0.1) is 6.07 Å². The Labute approximate surface area is 144 Å². The monoisotopic (exact) mass is 347 g/mol. The van der Waals surface area contributed by atoms with Gasteiger partial charge in [0, 0.05) is 42.6 Å². The van der Waals surface area contributed by atoms with Gasteiger partial charge in [-0.1, -0.05) is 11.6 Å². The number of benzene rings is 1. The fourth-order valence-corrected chi connectivity index (χ4v) is 2.91. The van der Waals surface area contributed by atoms with Crippen LogP contribution in [0.4, 0.5) is 0 Å². The van der Waals surface area contributed by atoms with Crippen LogP contribution in [0, 0.1) is 6.92 Å². The molecule has 0 radical (unpaired) electrons. The molecule has 2 heterocycles. The van der Waals surface area contributed by atoms with Gasteiger partial charge in [-0.25, -0.2) is 4.79 Å². The predicted molar refractivity (Wildman–Crippen MR) is 90.7 cm³/mol. The van der Waals surface area contributed by atoms with Crippen LogP contribution in [0.5, 0.6) is 5.75 Å². The highest BCUT2D eigenvalue weighted by atomic mass is 35.5. The van der Waals surface area contributed by atoms with Crippen molar-refractivity contribution in [2.45, 2.75) is 25.9 Å². The van der Waals surface area contributed by atoms with Gasteiger partial charge in [0.25, 0.3) is 5.91 Å². The number of ether oxygens (including phenoxy) is 1. The predicted octanol–water partition coefficient (Wildman–Crippen LogP) is 3.29. The molecule has 0 atom stereocenters. The molecule has 0 N–H and O–H groups in total. The molecule has 0 aliphatic carbocycles. The molecule has 1 aromatic carbocycles. The summed E-state index contributed by atoms with van der Waals surface area (Å²) in [6, 6.07) is 9.95. The number of carbonyl (C=O) groups excluding carboxylic acids is 1. The fraction of sp³-hybridized carbons (Fsp3) is 0.333. The lowest BCUT2D eigenvalue weighted by atomic mass is 10.1. The summed E-state index contributed by atoms with van der Waals surface area (Å²) in [6.07, 6.45) is 1.43. The Morgan fingerprint density at radius 1 is 1.21 bits per heavy atom. The highest BCUT2D eigenvalue weighted by Gasteiger charge is 2.24. The van der Waals surface area contributed by atoms with Crippen molar-refractivity contribution in [1.29, 1.82) is 0 Å². The summed E-state index contributed by atoms with van der Waals surface area (Å²) in [5.74, 6) is 1.04. The van der Waals surface area contributed by atoms with Crippen molar-refractivity contribution in [2.24, 2.45) is 0 Å². The van der Waals surface area contributed by atoms with Gasteiger partial charge >= 0.3 is 5.63 Å². The molecule has 0 spiro atoms. The Bertz CT molecular complexity index is 776. The molecule has 0 unspecified atom stereocenters. The molecule has 1 fully saturated rings. The van der Waals surface area contributed by atoms with E-state index in [0.717, 1.165) is 12.8 Å². The van der Waals surface area contributed by atoms with E-state index in [1.807, 2.05) is 4.90 Å². The fourth-order valence-electron chi connectivity index (χ4n) is 2.79. The number of hydrogen-bond donors (Lipinski definition) is 0. The van der Waals surface area contributed by atoms with Gasteiger partial charge in [-0.05, 0) is 31.2 Å². The molecule has 2 aromatic rings. The number of amides is 1. The number of likely N-dealkylation sites (tertiary alicyclic amines) is 1. The summed E-state index contributed by atoms with van der Waals surface area (Å²) in [4.78, 5) is 25.6. The van der Waals surface area contributed by atoms with Crippen LogP contribution in [0.3, 0.4) is 0 Å². The first-order chi connectivity index (χ1) is 11.5. The lowest BCUT2D eigenvalue weighted by molar-refractivity contribution is 0.0594. The molecule has 1 aliphatic rings. The maximum Gasteiger partial charge on any atom is 0.339 e. The summed E-state index contributed by atoms with van der Waals surface area (Å²) in [5, 5.41) is 0.612. The number of rotatable bonds is 3. The molecule has 0 saturated carbocycles. The van der Waals surface area contributed by atoms with E-state index in [1.54, 1.807) is 37.3 Å². The zero-order valence-electron chi connectivity index (χ0n) is 13.3. The number of nitrogens with zero attached hydrogens (tertiary/aromatic N) is 1. The van der Waals surface area contributed by atoms with E-state index in [0.29, 0.717) is 35.2 Å². The molecule has 6 heteroatoms. The zero-order valence-corrected chi connectivity index (χ0v) is 14.1. The van der Waals surface area contributed by atoms with Gasteiger partial charge in [0.15, 0.2) is 0 Å². The second-order valence-corrected chi connectivity index (χ2v) is 6.28. The van der Waals surface area contributed by atoms with E-state index < -0.39 is 5.63 Å². The van der Waals surface area contributed by atoms with E-state index in [4.69, 9.17) is 20.8 Å². The number of hydrogen-bond acceptors (Lipinski definition) is 4. The van der Waals surface area contributed by atoms with Gasteiger partial charge in [0.1, 0.15) is 17.6 Å². The highest BCUT2D eigenvalue weighted by Crippen LogP contribution is 2.20. The van der Waals surface area contributed by atoms with Gasteiger partial charge < -0.3 is 14.1 Å². The van der Waals surface area contributed by atoms with Crippen molar-refractivity contribution in [1.82, 2.24) is 4.90 Å². The average Bonchev–Trinajstić information content (AvgIpc) is 2.55. The summed E-state index contributed by atoms with van der Waals surface area (Å²) in [5.41, 5.74) is 0.218. The molecular weight excluding hydrogens is 330 g/mol. The van der Waals surface area contributed by atoms with Crippen LogP contribution in [0.15, 0.2) is 45.6 Å². The van der Waals surface area contributed by atoms with Gasteiger partial charge in [-0.3, -0.25) is 4.79 Å². The lowest BCUT2D eigenvalue weighted by Gasteiger charge is -2.32. The smallest absolute Gasteiger partial charge is 0.339 e. The standard InChI is InChI=1S/C18H18ClNO4/c1-12-10-16(11-17(21)23-12)24-15-6-8-20(9-7-15)18(22)13-2-4-14(19)5-3-13/h2-5,10-11,15H,6-9H2,1H3. The molecule has 1 aliphatic heterocycles. The van der Waals surface area contributed by atoms with E-state index >= 15 is 0 Å². The Hall–Kier alpha value is -2.27. The Balaban J connectivity index is 1.58. The molecule has 1 aromatic heterocycles. The summed E-state index contributed by atoms with van der Waals surface area (Å²) in [6.45, 7) is 2.95. The Morgan fingerprint density at radius 2 is 1.88 bits per heavy atom. The highest BCUT2D eigenvalue weighted by molar-refractivity contribution is 6.30. The number of carbonyl (C=O) groups is 1. The van der Waals surface area contributed by atoms with Crippen molar-refractivity contribution >= 4 is 17.5 Å².